The lowest BCUT2D eigenvalue weighted by Gasteiger charge is -2.08. The van der Waals surface area contributed by atoms with E-state index in [0.29, 0.717) is 6.42 Å². The summed E-state index contributed by atoms with van der Waals surface area (Å²) in [5.41, 5.74) is 0. The third-order valence-electron chi connectivity index (χ3n) is 2.34. The predicted molar refractivity (Wildman–Crippen MR) is 75.0 cm³/mol. The van der Waals surface area contributed by atoms with Gasteiger partial charge in [-0.05, 0) is 24.3 Å². The van der Waals surface area contributed by atoms with Gasteiger partial charge in [-0.25, -0.2) is 0 Å². The number of carbonyl (C=O) groups is 2. The highest BCUT2D eigenvalue weighted by Crippen LogP contribution is 2.11. The molecule has 4 nitrogen and oxygen atoms in total. The summed E-state index contributed by atoms with van der Waals surface area (Å²) in [4.78, 5) is 23.4. The number of halogens is 1. The molecule has 0 fully saturated rings. The Morgan fingerprint density at radius 3 is 2.94 bits per heavy atom. The van der Waals surface area contributed by atoms with Gasteiger partial charge in [0.25, 0.3) is 0 Å². The van der Waals surface area contributed by atoms with E-state index in [1.165, 1.54) is 12.0 Å². The van der Waals surface area contributed by atoms with Crippen molar-refractivity contribution in [1.29, 1.82) is 0 Å². The van der Waals surface area contributed by atoms with Crippen molar-refractivity contribution < 1.29 is 14.3 Å². The second-order valence-corrected chi connectivity index (χ2v) is 5.87. The third-order valence-corrected chi connectivity index (χ3v) is 3.98. The summed E-state index contributed by atoms with van der Waals surface area (Å²) < 4.78 is 4.54. The SMILES string of the molecule is COC(=O)C(Br)CNC(=O)CCCc1cccs1. The average Bonchev–Trinajstić information content (AvgIpc) is 2.88. The van der Waals surface area contributed by atoms with Gasteiger partial charge in [0.2, 0.25) is 5.91 Å². The van der Waals surface area contributed by atoms with Crippen LogP contribution in [-0.2, 0) is 20.7 Å². The standard InChI is InChI=1S/C12H16BrNO3S/c1-17-12(16)10(13)8-14-11(15)6-2-4-9-5-3-7-18-9/h3,5,7,10H,2,4,6,8H2,1H3,(H,14,15). The first-order chi connectivity index (χ1) is 8.63. The number of nitrogens with one attached hydrogen (secondary N) is 1. The minimum Gasteiger partial charge on any atom is -0.468 e. The van der Waals surface area contributed by atoms with Crippen LogP contribution in [0.4, 0.5) is 0 Å². The number of thiophene rings is 1. The summed E-state index contributed by atoms with van der Waals surface area (Å²) >= 11 is 4.84. The number of carbonyl (C=O) groups excluding carboxylic acids is 2. The van der Waals surface area contributed by atoms with Crippen molar-refractivity contribution in [3.05, 3.63) is 22.4 Å². The Morgan fingerprint density at radius 2 is 2.33 bits per heavy atom. The molecule has 1 amide bonds. The Labute approximate surface area is 119 Å². The molecule has 0 bridgehead atoms. The van der Waals surface area contributed by atoms with Gasteiger partial charge < -0.3 is 10.1 Å². The molecule has 1 aromatic rings. The Hall–Kier alpha value is -0.880. The molecule has 1 aromatic heterocycles. The number of esters is 1. The summed E-state index contributed by atoms with van der Waals surface area (Å²) in [6.45, 7) is 0.254. The maximum absolute atomic E-state index is 11.5. The second kappa shape index (κ2) is 8.26. The van der Waals surface area contributed by atoms with Gasteiger partial charge in [-0.2, -0.15) is 0 Å². The van der Waals surface area contributed by atoms with E-state index in [-0.39, 0.29) is 18.4 Å². The Balaban J connectivity index is 2.12. The smallest absolute Gasteiger partial charge is 0.321 e. The number of aryl methyl sites for hydroxylation is 1. The first-order valence-electron chi connectivity index (χ1n) is 5.64. The predicted octanol–water partition coefficient (Wildman–Crippen LogP) is 2.12. The molecule has 1 atom stereocenters. The van der Waals surface area contributed by atoms with Gasteiger partial charge in [-0.3, -0.25) is 9.59 Å². The summed E-state index contributed by atoms with van der Waals surface area (Å²) in [5, 5.41) is 4.72. The zero-order chi connectivity index (χ0) is 13.4. The molecule has 1 rings (SSSR count). The van der Waals surface area contributed by atoms with Gasteiger partial charge in [-0.15, -0.1) is 11.3 Å². The summed E-state index contributed by atoms with van der Waals surface area (Å²) in [6, 6.07) is 4.07. The van der Waals surface area contributed by atoms with E-state index in [1.807, 2.05) is 11.4 Å². The topological polar surface area (TPSA) is 55.4 Å². The lowest BCUT2D eigenvalue weighted by molar-refractivity contribution is -0.139. The van der Waals surface area contributed by atoms with Gasteiger partial charge in [0.15, 0.2) is 0 Å². The number of methoxy groups -OCH3 is 1. The molecular formula is C12H16BrNO3S. The van der Waals surface area contributed by atoms with Crippen LogP contribution in [0.3, 0.4) is 0 Å². The molecule has 0 aliphatic rings. The number of alkyl halides is 1. The van der Waals surface area contributed by atoms with Crippen LogP contribution in [-0.4, -0.2) is 30.4 Å². The highest BCUT2D eigenvalue weighted by Gasteiger charge is 2.15. The van der Waals surface area contributed by atoms with Crippen molar-refractivity contribution in [2.45, 2.75) is 24.1 Å². The monoisotopic (exact) mass is 333 g/mol. The fraction of sp³-hybridized carbons (Fsp3) is 0.500. The van der Waals surface area contributed by atoms with Crippen molar-refractivity contribution in [1.82, 2.24) is 5.32 Å². The molecule has 0 aliphatic heterocycles. The molecule has 1 N–H and O–H groups in total. The molecule has 0 saturated heterocycles. The first kappa shape index (κ1) is 15.2. The van der Waals surface area contributed by atoms with Gasteiger partial charge in [-0.1, -0.05) is 22.0 Å². The van der Waals surface area contributed by atoms with Crippen LogP contribution in [0.5, 0.6) is 0 Å². The van der Waals surface area contributed by atoms with E-state index in [9.17, 15) is 9.59 Å². The number of rotatable bonds is 7. The van der Waals surface area contributed by atoms with Crippen LogP contribution in [0.1, 0.15) is 17.7 Å². The minimum absolute atomic E-state index is 0.0418. The highest BCUT2D eigenvalue weighted by atomic mass is 79.9. The van der Waals surface area contributed by atoms with E-state index in [4.69, 9.17) is 0 Å². The highest BCUT2D eigenvalue weighted by molar-refractivity contribution is 9.10. The van der Waals surface area contributed by atoms with Gasteiger partial charge in [0, 0.05) is 17.8 Å². The van der Waals surface area contributed by atoms with E-state index >= 15 is 0 Å². The maximum Gasteiger partial charge on any atom is 0.321 e. The normalized spacial score (nSPS) is 11.9. The molecule has 0 saturated carbocycles. The molecule has 0 aliphatic carbocycles. The third kappa shape index (κ3) is 5.64. The van der Waals surface area contributed by atoms with Crippen molar-refractivity contribution in [3.63, 3.8) is 0 Å². The van der Waals surface area contributed by atoms with Crippen LogP contribution in [0.25, 0.3) is 0 Å². The van der Waals surface area contributed by atoms with E-state index in [2.05, 4.69) is 32.0 Å². The summed E-state index contributed by atoms with van der Waals surface area (Å²) in [7, 11) is 1.32. The molecule has 0 aromatic carbocycles. The zero-order valence-electron chi connectivity index (χ0n) is 10.1. The van der Waals surface area contributed by atoms with Crippen molar-refractivity contribution in [2.24, 2.45) is 0 Å². The molecule has 18 heavy (non-hydrogen) atoms. The maximum atomic E-state index is 11.5. The summed E-state index contributed by atoms with van der Waals surface area (Å²) in [6.07, 6.45) is 2.20. The lowest BCUT2D eigenvalue weighted by atomic mass is 10.2. The van der Waals surface area contributed by atoms with Gasteiger partial charge in [0.05, 0.1) is 7.11 Å². The molecule has 0 radical (unpaired) electrons. The molecule has 6 heteroatoms. The van der Waals surface area contributed by atoms with Crippen LogP contribution >= 0.6 is 27.3 Å². The molecule has 100 valence electrons. The molecule has 1 heterocycles. The fourth-order valence-corrected chi connectivity index (χ4v) is 2.48. The number of amides is 1. The van der Waals surface area contributed by atoms with Crippen molar-refractivity contribution in [2.75, 3.05) is 13.7 Å². The number of hydrogen-bond donors (Lipinski definition) is 1. The lowest BCUT2D eigenvalue weighted by Crippen LogP contribution is -2.33. The van der Waals surface area contributed by atoms with E-state index < -0.39 is 4.83 Å². The summed E-state index contributed by atoms with van der Waals surface area (Å²) in [5.74, 6) is -0.422. The Kier molecular flexibility index (Phi) is 6.97. The number of hydrogen-bond acceptors (Lipinski definition) is 4. The van der Waals surface area contributed by atoms with E-state index in [0.717, 1.165) is 12.8 Å². The van der Waals surface area contributed by atoms with Crippen LogP contribution in [0, 0.1) is 0 Å². The Bertz CT molecular complexity index is 381. The zero-order valence-corrected chi connectivity index (χ0v) is 12.6. The average molecular weight is 334 g/mol. The van der Waals surface area contributed by atoms with Crippen molar-refractivity contribution >= 4 is 39.1 Å². The quantitative estimate of drug-likeness (QED) is 0.614. The van der Waals surface area contributed by atoms with Crippen LogP contribution < -0.4 is 5.32 Å². The first-order valence-corrected chi connectivity index (χ1v) is 7.44. The molecular weight excluding hydrogens is 318 g/mol. The minimum atomic E-state index is -0.483. The fourth-order valence-electron chi connectivity index (χ4n) is 1.38. The van der Waals surface area contributed by atoms with Gasteiger partial charge >= 0.3 is 5.97 Å². The van der Waals surface area contributed by atoms with Gasteiger partial charge in [0.1, 0.15) is 4.83 Å². The Morgan fingerprint density at radius 1 is 1.56 bits per heavy atom. The van der Waals surface area contributed by atoms with Crippen LogP contribution in [0.2, 0.25) is 0 Å². The van der Waals surface area contributed by atoms with Crippen molar-refractivity contribution in [3.8, 4) is 0 Å². The van der Waals surface area contributed by atoms with Crippen LogP contribution in [0.15, 0.2) is 17.5 Å². The molecule has 0 spiro atoms. The largest absolute Gasteiger partial charge is 0.468 e. The van der Waals surface area contributed by atoms with E-state index in [1.54, 1.807) is 11.3 Å². The second-order valence-electron chi connectivity index (χ2n) is 3.73. The number of ether oxygens (including phenoxy) is 1. The molecule has 1 unspecified atom stereocenters.